The minimum Gasteiger partial charge on any atom is -0.444 e. The zero-order valence-corrected chi connectivity index (χ0v) is 34.6. The number of likely N-dealkylation sites (tertiary alicyclic amines) is 1. The van der Waals surface area contributed by atoms with Crippen LogP contribution in [-0.4, -0.2) is 114 Å². The van der Waals surface area contributed by atoms with Gasteiger partial charge in [-0.05, 0) is 77.7 Å². The molecule has 0 aromatic heterocycles. The molecule has 2 saturated heterocycles. The van der Waals surface area contributed by atoms with Gasteiger partial charge in [-0.2, -0.15) is 0 Å². The summed E-state index contributed by atoms with van der Waals surface area (Å²) >= 11 is 0. The summed E-state index contributed by atoms with van der Waals surface area (Å²) in [5, 5.41) is 10.7. The lowest BCUT2D eigenvalue weighted by atomic mass is 9.80. The third-order valence-electron chi connectivity index (χ3n) is 11.6. The molecule has 4 N–H and O–H groups in total. The van der Waals surface area contributed by atoms with Crippen LogP contribution in [-0.2, 0) is 38.2 Å². The van der Waals surface area contributed by atoms with Gasteiger partial charge in [-0.1, -0.05) is 68.9 Å². The number of amides is 6. The van der Waals surface area contributed by atoms with Gasteiger partial charge in [0, 0.05) is 26.6 Å². The number of carbonyl (C=O) groups excluding carboxylic acids is 7. The lowest BCUT2D eigenvalue weighted by Gasteiger charge is -2.36. The van der Waals surface area contributed by atoms with E-state index in [-0.39, 0.29) is 30.7 Å². The molecule has 0 radical (unpaired) electrons. The van der Waals surface area contributed by atoms with Gasteiger partial charge in [0.25, 0.3) is 5.91 Å². The monoisotopic (exact) mass is 794 g/mol. The topological polar surface area (TPSA) is 193 Å². The van der Waals surface area contributed by atoms with Crippen LogP contribution in [0.1, 0.15) is 110 Å². The number of alkyl carbamates (subject to hydrolysis) is 1. The van der Waals surface area contributed by atoms with Crippen LogP contribution in [0.3, 0.4) is 0 Å². The molecule has 57 heavy (non-hydrogen) atoms. The number of carbonyl (C=O) groups is 7. The van der Waals surface area contributed by atoms with Crippen LogP contribution < -0.4 is 21.3 Å². The molecule has 2 aliphatic carbocycles. The molecule has 2 saturated carbocycles. The lowest BCUT2D eigenvalue weighted by molar-refractivity contribution is -0.145. The van der Waals surface area contributed by atoms with Crippen molar-refractivity contribution >= 4 is 41.4 Å². The highest BCUT2D eigenvalue weighted by Gasteiger charge is 2.56. The number of ether oxygens (including phenoxy) is 2. The maximum atomic E-state index is 14.6. The summed E-state index contributed by atoms with van der Waals surface area (Å²) in [5.74, 6) is -4.43. The highest BCUT2D eigenvalue weighted by atomic mass is 16.6. The SMILES string of the molecule is CN(C)C(=O)[C@@H](NC(=O)CNC(=O)C(=O)C(CC1CCC1)NC(=O)[C@@H]1[C@H]2CC(C)(C)O[C@H]2CN1C(=O)[C@@H](NC(=O)OC(C)(C)C)C1CCCCC1)c1ccccc1. The zero-order valence-electron chi connectivity index (χ0n) is 34.6. The molecular weight excluding hydrogens is 732 g/mol. The molecule has 4 fully saturated rings. The largest absolute Gasteiger partial charge is 0.444 e. The number of nitrogens with zero attached hydrogens (tertiary/aromatic N) is 2. The number of Topliss-reactive ketones (excluding diaryl/α,β-unsaturated/α-hetero) is 1. The minimum atomic E-state index is -1.21. The molecule has 1 unspecified atom stereocenters. The van der Waals surface area contributed by atoms with E-state index in [4.69, 9.17) is 9.47 Å². The third-order valence-corrected chi connectivity index (χ3v) is 11.6. The van der Waals surface area contributed by atoms with Crippen LogP contribution in [0.25, 0.3) is 0 Å². The van der Waals surface area contributed by atoms with Crippen molar-refractivity contribution in [1.82, 2.24) is 31.1 Å². The van der Waals surface area contributed by atoms with E-state index < -0.39 is 89.4 Å². The van der Waals surface area contributed by atoms with Crippen LogP contribution >= 0.6 is 0 Å². The van der Waals surface area contributed by atoms with E-state index in [1.54, 1.807) is 65.2 Å². The molecule has 1 aromatic carbocycles. The summed E-state index contributed by atoms with van der Waals surface area (Å²) in [6.07, 6.45) is 6.50. The molecule has 15 nitrogen and oxygen atoms in total. The molecule has 4 aliphatic rings. The number of nitrogens with one attached hydrogen (secondary N) is 4. The Hall–Kier alpha value is -4.53. The maximum Gasteiger partial charge on any atom is 0.408 e. The van der Waals surface area contributed by atoms with Crippen LogP contribution in [0.4, 0.5) is 4.79 Å². The number of ketones is 1. The number of benzene rings is 1. The van der Waals surface area contributed by atoms with Crippen molar-refractivity contribution in [2.24, 2.45) is 17.8 Å². The molecule has 2 aliphatic heterocycles. The predicted molar refractivity (Wildman–Crippen MR) is 210 cm³/mol. The zero-order chi connectivity index (χ0) is 41.7. The van der Waals surface area contributed by atoms with E-state index in [9.17, 15) is 33.6 Å². The van der Waals surface area contributed by atoms with Crippen LogP contribution in [0.2, 0.25) is 0 Å². The van der Waals surface area contributed by atoms with E-state index >= 15 is 0 Å². The van der Waals surface area contributed by atoms with E-state index in [1.807, 2.05) is 13.8 Å². The van der Waals surface area contributed by atoms with Gasteiger partial charge in [-0.25, -0.2) is 4.79 Å². The number of rotatable bonds is 14. The number of likely N-dealkylation sites (N-methyl/N-ethyl adjacent to an activating group) is 1. The fourth-order valence-electron chi connectivity index (χ4n) is 8.66. The predicted octanol–water partition coefficient (Wildman–Crippen LogP) is 3.16. The van der Waals surface area contributed by atoms with E-state index in [0.717, 1.165) is 51.4 Å². The van der Waals surface area contributed by atoms with Gasteiger partial charge in [0.15, 0.2) is 0 Å². The third kappa shape index (κ3) is 11.3. The minimum absolute atomic E-state index is 0.107. The summed E-state index contributed by atoms with van der Waals surface area (Å²) in [5.41, 5.74) is -0.790. The van der Waals surface area contributed by atoms with Crippen molar-refractivity contribution in [3.63, 3.8) is 0 Å². The molecule has 6 amide bonds. The first-order chi connectivity index (χ1) is 26.8. The number of fused-ring (bicyclic) bond motifs is 1. The molecule has 0 spiro atoms. The Balaban J connectivity index is 1.32. The van der Waals surface area contributed by atoms with Crippen molar-refractivity contribution in [2.75, 3.05) is 27.2 Å². The van der Waals surface area contributed by atoms with Crippen molar-refractivity contribution in [2.45, 2.75) is 140 Å². The Labute approximate surface area is 336 Å². The van der Waals surface area contributed by atoms with Crippen molar-refractivity contribution < 1.29 is 43.0 Å². The van der Waals surface area contributed by atoms with E-state index in [0.29, 0.717) is 12.0 Å². The number of hydrogen-bond acceptors (Lipinski definition) is 9. The molecule has 5 rings (SSSR count). The van der Waals surface area contributed by atoms with Gasteiger partial charge in [0.1, 0.15) is 23.7 Å². The van der Waals surface area contributed by atoms with Crippen molar-refractivity contribution in [3.05, 3.63) is 35.9 Å². The quantitative estimate of drug-likeness (QED) is 0.205. The lowest BCUT2D eigenvalue weighted by Crippen LogP contribution is -2.59. The Morgan fingerprint density at radius 3 is 2.18 bits per heavy atom. The molecule has 1 aromatic rings. The first-order valence-electron chi connectivity index (χ1n) is 20.5. The summed E-state index contributed by atoms with van der Waals surface area (Å²) in [4.78, 5) is 98.3. The van der Waals surface area contributed by atoms with Gasteiger partial charge in [0.05, 0.1) is 24.3 Å². The average molecular weight is 795 g/mol. The normalized spacial score (nSPS) is 23.5. The van der Waals surface area contributed by atoms with Gasteiger partial charge >= 0.3 is 6.09 Å². The fraction of sp³-hybridized carbons (Fsp3) is 0.690. The Kier molecular flexibility index (Phi) is 14.1. The standard InChI is InChI=1S/C42H62N6O9/c1-41(2,3)57-40(55)46-33(27-19-12-9-13-20-27)39(54)48-24-30-28(22-42(4,5)56-30)34(48)36(51)44-29(21-25-15-14-16-25)35(50)37(52)43-23-31(49)45-32(38(53)47(6)7)26-17-10-8-11-18-26/h8,10-11,17-18,25,27-30,32-34H,9,12-16,19-24H2,1-7H3,(H,43,52)(H,44,51)(H,45,49)(H,46,55)/t28-,29?,30-,32-,33-,34-/m0/s1. The highest BCUT2D eigenvalue weighted by molar-refractivity contribution is 6.38. The van der Waals surface area contributed by atoms with Gasteiger partial charge in [-0.3, -0.25) is 28.8 Å². The molecule has 0 bridgehead atoms. The summed E-state index contributed by atoms with van der Waals surface area (Å²) in [6.45, 7) is 8.66. The van der Waals surface area contributed by atoms with Gasteiger partial charge in [0.2, 0.25) is 29.4 Å². The number of hydrogen-bond donors (Lipinski definition) is 4. The second-order valence-corrected chi connectivity index (χ2v) is 18.0. The van der Waals surface area contributed by atoms with Crippen molar-refractivity contribution in [1.29, 1.82) is 0 Å². The maximum absolute atomic E-state index is 14.6. The van der Waals surface area contributed by atoms with Crippen LogP contribution in [0.15, 0.2) is 30.3 Å². The molecular formula is C42H62N6O9. The summed E-state index contributed by atoms with van der Waals surface area (Å²) in [6, 6.07) is 4.51. The molecule has 314 valence electrons. The molecule has 15 heteroatoms. The second kappa shape index (κ2) is 18.4. The Bertz CT molecular complexity index is 1650. The first kappa shape index (κ1) is 43.6. The Morgan fingerprint density at radius 2 is 1.58 bits per heavy atom. The summed E-state index contributed by atoms with van der Waals surface area (Å²) < 4.78 is 11.9. The van der Waals surface area contributed by atoms with E-state index in [1.165, 1.54) is 9.80 Å². The summed E-state index contributed by atoms with van der Waals surface area (Å²) in [7, 11) is 3.14. The molecule has 6 atom stereocenters. The first-order valence-corrected chi connectivity index (χ1v) is 20.5. The molecule has 2 heterocycles. The van der Waals surface area contributed by atoms with Crippen molar-refractivity contribution in [3.8, 4) is 0 Å². The fourth-order valence-corrected chi connectivity index (χ4v) is 8.66. The van der Waals surface area contributed by atoms with E-state index in [2.05, 4.69) is 21.3 Å². The van der Waals surface area contributed by atoms with Gasteiger partial charge < -0.3 is 40.5 Å². The smallest absolute Gasteiger partial charge is 0.408 e. The second-order valence-electron chi connectivity index (χ2n) is 18.0. The average Bonchev–Trinajstić information content (AvgIpc) is 3.63. The van der Waals surface area contributed by atoms with Crippen LogP contribution in [0.5, 0.6) is 0 Å². The Morgan fingerprint density at radius 1 is 0.912 bits per heavy atom. The van der Waals surface area contributed by atoms with Gasteiger partial charge in [-0.15, -0.1) is 0 Å². The highest BCUT2D eigenvalue weighted by Crippen LogP contribution is 2.44. The van der Waals surface area contributed by atoms with Crippen LogP contribution in [0, 0.1) is 17.8 Å².